The van der Waals surface area contributed by atoms with E-state index in [2.05, 4.69) is 22.0 Å². The van der Waals surface area contributed by atoms with Crippen LogP contribution in [0.3, 0.4) is 0 Å². The van der Waals surface area contributed by atoms with Gasteiger partial charge >= 0.3 is 0 Å². The maximum Gasteiger partial charge on any atom is 0.137 e. The Labute approximate surface area is 121 Å². The highest BCUT2D eigenvalue weighted by atomic mass is 16.1. The van der Waals surface area contributed by atoms with Gasteiger partial charge in [0.25, 0.3) is 0 Å². The Morgan fingerprint density at radius 3 is 2.80 bits per heavy atom. The fourth-order valence-corrected chi connectivity index (χ4v) is 3.82. The number of nitrogens with zero attached hydrogens (tertiary/aromatic N) is 2. The monoisotopic (exact) mass is 272 g/mol. The number of carbonyl (C=O) groups is 1. The summed E-state index contributed by atoms with van der Waals surface area (Å²) in [6.45, 7) is 2.25. The van der Waals surface area contributed by atoms with Gasteiger partial charge < -0.3 is 0 Å². The van der Waals surface area contributed by atoms with Crippen molar-refractivity contribution in [1.82, 2.24) is 9.88 Å². The molecule has 0 bridgehead atoms. The zero-order valence-electron chi connectivity index (χ0n) is 12.1. The number of pyridine rings is 1. The third-order valence-corrected chi connectivity index (χ3v) is 4.92. The molecule has 2 fully saturated rings. The summed E-state index contributed by atoms with van der Waals surface area (Å²) in [7, 11) is 0. The quantitative estimate of drug-likeness (QED) is 0.845. The summed E-state index contributed by atoms with van der Waals surface area (Å²) in [5.74, 6) is 0.848. The molecule has 0 amide bonds. The third kappa shape index (κ3) is 3.09. The topological polar surface area (TPSA) is 33.2 Å². The summed E-state index contributed by atoms with van der Waals surface area (Å²) in [6, 6.07) is 4.71. The van der Waals surface area contributed by atoms with Crippen LogP contribution in [0.2, 0.25) is 0 Å². The molecule has 2 unspecified atom stereocenters. The van der Waals surface area contributed by atoms with Gasteiger partial charge in [0.1, 0.15) is 5.78 Å². The first-order chi connectivity index (χ1) is 9.84. The van der Waals surface area contributed by atoms with Gasteiger partial charge in [-0.05, 0) is 56.3 Å². The number of ketones is 1. The summed E-state index contributed by atoms with van der Waals surface area (Å²) in [4.78, 5) is 18.8. The van der Waals surface area contributed by atoms with Crippen LogP contribution in [0.4, 0.5) is 0 Å². The fourth-order valence-electron chi connectivity index (χ4n) is 3.82. The van der Waals surface area contributed by atoms with E-state index in [-0.39, 0.29) is 0 Å². The van der Waals surface area contributed by atoms with E-state index in [0.717, 1.165) is 32.2 Å². The molecular formula is C17H24N2O. The average Bonchev–Trinajstić information content (AvgIpc) is 2.95. The second-order valence-corrected chi connectivity index (χ2v) is 6.17. The Kier molecular flexibility index (Phi) is 4.46. The van der Waals surface area contributed by atoms with Gasteiger partial charge in [0.2, 0.25) is 0 Å². The molecular weight excluding hydrogens is 248 g/mol. The molecule has 2 aliphatic rings. The number of rotatable bonds is 4. The largest absolute Gasteiger partial charge is 0.299 e. The lowest BCUT2D eigenvalue weighted by Crippen LogP contribution is -2.41. The lowest BCUT2D eigenvalue weighted by molar-refractivity contribution is -0.126. The summed E-state index contributed by atoms with van der Waals surface area (Å²) in [5.41, 5.74) is 1.35. The summed E-state index contributed by atoms with van der Waals surface area (Å²) in [6.07, 6.45) is 11.6. The van der Waals surface area contributed by atoms with Crippen LogP contribution in [0.15, 0.2) is 24.5 Å². The zero-order chi connectivity index (χ0) is 13.8. The second-order valence-electron chi connectivity index (χ2n) is 6.17. The van der Waals surface area contributed by atoms with Gasteiger partial charge in [-0.25, -0.2) is 0 Å². The molecule has 1 saturated heterocycles. The smallest absolute Gasteiger partial charge is 0.137 e. The van der Waals surface area contributed by atoms with E-state index < -0.39 is 0 Å². The Hall–Kier alpha value is -1.22. The number of carbonyl (C=O) groups excluding carboxylic acids is 1. The van der Waals surface area contributed by atoms with E-state index in [1.165, 1.54) is 31.4 Å². The van der Waals surface area contributed by atoms with Crippen LogP contribution in [0.1, 0.15) is 44.1 Å². The molecule has 1 aliphatic carbocycles. The van der Waals surface area contributed by atoms with Crippen molar-refractivity contribution in [3.8, 4) is 0 Å². The van der Waals surface area contributed by atoms with E-state index in [9.17, 15) is 4.79 Å². The minimum Gasteiger partial charge on any atom is -0.299 e. The molecule has 0 spiro atoms. The Balaban J connectivity index is 1.59. The van der Waals surface area contributed by atoms with Crippen LogP contribution >= 0.6 is 0 Å². The Morgan fingerprint density at radius 1 is 1.15 bits per heavy atom. The average molecular weight is 272 g/mol. The molecule has 3 heteroatoms. The number of aromatic nitrogens is 1. The van der Waals surface area contributed by atoms with Crippen LogP contribution in [-0.4, -0.2) is 34.8 Å². The van der Waals surface area contributed by atoms with E-state index >= 15 is 0 Å². The van der Waals surface area contributed by atoms with E-state index in [4.69, 9.17) is 0 Å². The summed E-state index contributed by atoms with van der Waals surface area (Å²) >= 11 is 0. The molecule has 3 rings (SSSR count). The van der Waals surface area contributed by atoms with Crippen LogP contribution in [0.5, 0.6) is 0 Å². The van der Waals surface area contributed by atoms with Crippen molar-refractivity contribution in [3.63, 3.8) is 0 Å². The third-order valence-electron chi connectivity index (χ3n) is 4.92. The number of likely N-dealkylation sites (tertiary alicyclic amines) is 1. The Bertz CT molecular complexity index is 446. The van der Waals surface area contributed by atoms with Crippen molar-refractivity contribution in [2.75, 3.05) is 13.1 Å². The van der Waals surface area contributed by atoms with Crippen LogP contribution in [0.25, 0.3) is 0 Å². The maximum atomic E-state index is 12.2. The molecule has 1 aliphatic heterocycles. The van der Waals surface area contributed by atoms with Gasteiger partial charge in [-0.1, -0.05) is 6.42 Å². The van der Waals surface area contributed by atoms with Crippen molar-refractivity contribution in [2.45, 2.75) is 51.0 Å². The molecule has 2 heterocycles. The molecule has 0 radical (unpaired) electrons. The van der Waals surface area contributed by atoms with Gasteiger partial charge in [0.05, 0.1) is 0 Å². The van der Waals surface area contributed by atoms with E-state index in [0.29, 0.717) is 17.7 Å². The predicted octanol–water partition coefficient (Wildman–Crippen LogP) is 2.85. The lowest BCUT2D eigenvalue weighted by atomic mass is 9.82. The number of hydrogen-bond donors (Lipinski definition) is 0. The van der Waals surface area contributed by atoms with Gasteiger partial charge in [0, 0.05) is 37.3 Å². The summed E-state index contributed by atoms with van der Waals surface area (Å²) < 4.78 is 0. The highest BCUT2D eigenvalue weighted by Gasteiger charge is 2.36. The predicted molar refractivity (Wildman–Crippen MR) is 79.5 cm³/mol. The second kappa shape index (κ2) is 6.49. The van der Waals surface area contributed by atoms with Gasteiger partial charge in [0.15, 0.2) is 0 Å². The van der Waals surface area contributed by atoms with Crippen LogP contribution in [-0.2, 0) is 11.2 Å². The van der Waals surface area contributed by atoms with Crippen molar-refractivity contribution in [3.05, 3.63) is 30.1 Å². The van der Waals surface area contributed by atoms with Crippen LogP contribution < -0.4 is 0 Å². The highest BCUT2D eigenvalue weighted by Crippen LogP contribution is 2.32. The number of hydrogen-bond acceptors (Lipinski definition) is 3. The zero-order valence-corrected chi connectivity index (χ0v) is 12.1. The molecule has 20 heavy (non-hydrogen) atoms. The first-order valence-electron chi connectivity index (χ1n) is 8.00. The minimum absolute atomic E-state index is 0.323. The molecule has 3 nitrogen and oxygen atoms in total. The SMILES string of the molecule is O=C1CCCCC1C1CCCN1CCc1ccncc1. The standard InChI is InChI=1S/C17H24N2O/c20-17-6-2-1-4-15(17)16-5-3-12-19(16)13-9-14-7-10-18-11-8-14/h7-8,10-11,15-16H,1-6,9,12-13H2. The van der Waals surface area contributed by atoms with Gasteiger partial charge in [-0.3, -0.25) is 14.7 Å². The molecule has 1 saturated carbocycles. The molecule has 0 N–H and O–H groups in total. The van der Waals surface area contributed by atoms with E-state index in [1.54, 1.807) is 0 Å². The van der Waals surface area contributed by atoms with Crippen molar-refractivity contribution in [1.29, 1.82) is 0 Å². The van der Waals surface area contributed by atoms with Crippen molar-refractivity contribution < 1.29 is 4.79 Å². The highest BCUT2D eigenvalue weighted by molar-refractivity contribution is 5.82. The van der Waals surface area contributed by atoms with Crippen molar-refractivity contribution >= 4 is 5.78 Å². The first-order valence-corrected chi connectivity index (χ1v) is 8.00. The fraction of sp³-hybridized carbons (Fsp3) is 0.647. The minimum atomic E-state index is 0.323. The molecule has 1 aromatic rings. The molecule has 108 valence electrons. The normalized spacial score (nSPS) is 27.9. The molecule has 2 atom stereocenters. The first kappa shape index (κ1) is 13.7. The Morgan fingerprint density at radius 2 is 2.00 bits per heavy atom. The van der Waals surface area contributed by atoms with Crippen molar-refractivity contribution in [2.24, 2.45) is 5.92 Å². The van der Waals surface area contributed by atoms with Gasteiger partial charge in [-0.15, -0.1) is 0 Å². The van der Waals surface area contributed by atoms with E-state index in [1.807, 2.05) is 12.4 Å². The molecule has 1 aromatic heterocycles. The number of Topliss-reactive ketones (excluding diaryl/α,β-unsaturated/α-hetero) is 1. The van der Waals surface area contributed by atoms with Gasteiger partial charge in [-0.2, -0.15) is 0 Å². The maximum absolute atomic E-state index is 12.2. The summed E-state index contributed by atoms with van der Waals surface area (Å²) in [5, 5.41) is 0. The molecule has 0 aromatic carbocycles. The van der Waals surface area contributed by atoms with Crippen LogP contribution in [0, 0.1) is 5.92 Å². The lowest BCUT2D eigenvalue weighted by Gasteiger charge is -2.33.